The van der Waals surface area contributed by atoms with E-state index in [0.29, 0.717) is 34.1 Å². The van der Waals surface area contributed by atoms with Crippen LogP contribution in [-0.2, 0) is 6.61 Å². The molecule has 108 valence electrons. The highest BCUT2D eigenvalue weighted by Gasteiger charge is 2.16. The number of hydrogen-bond donors (Lipinski definition) is 2. The molecule has 0 spiro atoms. The van der Waals surface area contributed by atoms with Crippen LogP contribution >= 0.6 is 0 Å². The largest absolute Gasteiger partial charge is 0.497 e. The molecule has 0 aliphatic carbocycles. The molecular formula is C15H15N3O3. The first-order valence-corrected chi connectivity index (χ1v) is 6.44. The first-order chi connectivity index (χ1) is 10.1. The molecule has 0 bridgehead atoms. The van der Waals surface area contributed by atoms with E-state index in [9.17, 15) is 5.11 Å². The molecule has 3 rings (SSSR count). The van der Waals surface area contributed by atoms with Gasteiger partial charge in [0.2, 0.25) is 11.6 Å². The summed E-state index contributed by atoms with van der Waals surface area (Å²) in [4.78, 5) is 8.67. The van der Waals surface area contributed by atoms with Gasteiger partial charge in [-0.1, -0.05) is 0 Å². The third-order valence-corrected chi connectivity index (χ3v) is 3.39. The van der Waals surface area contributed by atoms with Gasteiger partial charge in [0.25, 0.3) is 0 Å². The van der Waals surface area contributed by atoms with Crippen LogP contribution in [-0.4, -0.2) is 22.2 Å². The Kier molecular flexibility index (Phi) is 3.23. The number of hydrogen-bond acceptors (Lipinski definition) is 6. The number of benzene rings is 1. The van der Waals surface area contributed by atoms with Crippen molar-refractivity contribution in [3.8, 4) is 17.2 Å². The maximum atomic E-state index is 9.35. The van der Waals surface area contributed by atoms with Crippen molar-refractivity contribution in [2.24, 2.45) is 0 Å². The van der Waals surface area contributed by atoms with Crippen LogP contribution in [0.3, 0.4) is 0 Å². The standard InChI is InChI=1S/C15H15N3O3/c1-8-11(7-19)12(16)13-15(17-8)21-14(18-13)9-3-5-10(20-2)6-4-9/h3-6,19H,7H2,1-2H3,(H2,16,17). The van der Waals surface area contributed by atoms with Gasteiger partial charge in [-0.2, -0.15) is 0 Å². The molecule has 0 aliphatic rings. The summed E-state index contributed by atoms with van der Waals surface area (Å²) in [5.41, 5.74) is 9.29. The van der Waals surface area contributed by atoms with Crippen molar-refractivity contribution in [3.05, 3.63) is 35.5 Å². The number of methoxy groups -OCH3 is 1. The molecule has 0 unspecified atom stereocenters. The van der Waals surface area contributed by atoms with Gasteiger partial charge in [-0.3, -0.25) is 0 Å². The summed E-state index contributed by atoms with van der Waals surface area (Å²) < 4.78 is 10.8. The van der Waals surface area contributed by atoms with E-state index in [2.05, 4.69) is 9.97 Å². The molecule has 0 saturated heterocycles. The Labute approximate surface area is 121 Å². The van der Waals surface area contributed by atoms with Crippen molar-refractivity contribution in [2.75, 3.05) is 12.8 Å². The zero-order valence-corrected chi connectivity index (χ0v) is 11.8. The highest BCUT2D eigenvalue weighted by molar-refractivity contribution is 5.87. The zero-order chi connectivity index (χ0) is 15.0. The maximum Gasteiger partial charge on any atom is 0.249 e. The number of anilines is 1. The quantitative estimate of drug-likeness (QED) is 0.766. The molecule has 21 heavy (non-hydrogen) atoms. The van der Waals surface area contributed by atoms with E-state index in [1.54, 1.807) is 14.0 Å². The second-order valence-electron chi connectivity index (χ2n) is 4.65. The zero-order valence-electron chi connectivity index (χ0n) is 11.8. The van der Waals surface area contributed by atoms with E-state index < -0.39 is 0 Å². The van der Waals surface area contributed by atoms with Gasteiger partial charge in [-0.25, -0.2) is 9.97 Å². The Bertz CT molecular complexity index is 794. The number of aryl methyl sites for hydroxylation is 1. The molecule has 3 aromatic rings. The smallest absolute Gasteiger partial charge is 0.249 e. The first-order valence-electron chi connectivity index (χ1n) is 6.44. The number of nitrogen functional groups attached to an aromatic ring is 1. The molecule has 0 atom stereocenters. The van der Waals surface area contributed by atoms with E-state index in [4.69, 9.17) is 14.9 Å². The van der Waals surface area contributed by atoms with Crippen molar-refractivity contribution in [1.29, 1.82) is 0 Å². The number of nitrogens with two attached hydrogens (primary N) is 1. The van der Waals surface area contributed by atoms with Crippen molar-refractivity contribution >= 4 is 16.9 Å². The topological polar surface area (TPSA) is 94.4 Å². The van der Waals surface area contributed by atoms with Gasteiger partial charge in [-0.15, -0.1) is 0 Å². The Balaban J connectivity index is 2.14. The SMILES string of the molecule is COc1ccc(-c2nc3c(N)c(CO)c(C)nc3o2)cc1. The van der Waals surface area contributed by atoms with Gasteiger partial charge < -0.3 is 20.0 Å². The molecule has 0 amide bonds. The van der Waals surface area contributed by atoms with Gasteiger partial charge in [-0.05, 0) is 31.2 Å². The molecule has 0 radical (unpaired) electrons. The van der Waals surface area contributed by atoms with Gasteiger partial charge >= 0.3 is 0 Å². The number of aliphatic hydroxyl groups is 1. The third-order valence-electron chi connectivity index (χ3n) is 3.39. The van der Waals surface area contributed by atoms with Gasteiger partial charge in [0.05, 0.1) is 19.4 Å². The van der Waals surface area contributed by atoms with Crippen LogP contribution in [0.15, 0.2) is 28.7 Å². The normalized spacial score (nSPS) is 11.0. The summed E-state index contributed by atoms with van der Waals surface area (Å²) in [6.45, 7) is 1.60. The molecule has 0 fully saturated rings. The predicted octanol–water partition coefficient (Wildman–Crippen LogP) is 2.28. The van der Waals surface area contributed by atoms with Crippen molar-refractivity contribution in [3.63, 3.8) is 0 Å². The highest BCUT2D eigenvalue weighted by Crippen LogP contribution is 2.30. The molecule has 1 aromatic carbocycles. The van der Waals surface area contributed by atoms with Crippen LogP contribution in [0.2, 0.25) is 0 Å². The lowest BCUT2D eigenvalue weighted by atomic mass is 10.1. The van der Waals surface area contributed by atoms with E-state index in [-0.39, 0.29) is 6.61 Å². The van der Waals surface area contributed by atoms with E-state index >= 15 is 0 Å². The lowest BCUT2D eigenvalue weighted by molar-refractivity contribution is 0.281. The number of oxazole rings is 1. The molecular weight excluding hydrogens is 270 g/mol. The van der Waals surface area contributed by atoms with E-state index in [0.717, 1.165) is 11.3 Å². The predicted molar refractivity (Wildman–Crippen MR) is 78.9 cm³/mol. The van der Waals surface area contributed by atoms with Crippen LogP contribution in [0.1, 0.15) is 11.3 Å². The van der Waals surface area contributed by atoms with Crippen LogP contribution in [0.4, 0.5) is 5.69 Å². The highest BCUT2D eigenvalue weighted by atomic mass is 16.5. The fraction of sp³-hybridized carbons (Fsp3) is 0.200. The fourth-order valence-corrected chi connectivity index (χ4v) is 2.18. The Morgan fingerprint density at radius 3 is 2.57 bits per heavy atom. The monoisotopic (exact) mass is 285 g/mol. The van der Waals surface area contributed by atoms with Gasteiger partial charge in [0, 0.05) is 16.8 Å². The van der Waals surface area contributed by atoms with Crippen LogP contribution in [0, 0.1) is 6.92 Å². The molecule has 6 nitrogen and oxygen atoms in total. The van der Waals surface area contributed by atoms with Crippen LogP contribution in [0.5, 0.6) is 5.75 Å². The number of aromatic nitrogens is 2. The summed E-state index contributed by atoms with van der Waals surface area (Å²) in [7, 11) is 1.61. The maximum absolute atomic E-state index is 9.35. The van der Waals surface area contributed by atoms with Crippen LogP contribution in [0.25, 0.3) is 22.7 Å². The first kappa shape index (κ1) is 13.4. The Morgan fingerprint density at radius 1 is 1.24 bits per heavy atom. The summed E-state index contributed by atoms with van der Waals surface area (Å²) >= 11 is 0. The Hall–Kier alpha value is -2.60. The van der Waals surface area contributed by atoms with Crippen LogP contribution < -0.4 is 10.5 Å². The van der Waals surface area contributed by atoms with Crippen molar-refractivity contribution < 1.29 is 14.3 Å². The van der Waals surface area contributed by atoms with E-state index in [1.165, 1.54) is 0 Å². The number of nitrogens with zero attached hydrogens (tertiary/aromatic N) is 2. The Morgan fingerprint density at radius 2 is 1.95 bits per heavy atom. The minimum Gasteiger partial charge on any atom is -0.497 e. The lowest BCUT2D eigenvalue weighted by Crippen LogP contribution is -2.00. The molecule has 2 heterocycles. The average molecular weight is 285 g/mol. The second kappa shape index (κ2) is 5.06. The fourth-order valence-electron chi connectivity index (χ4n) is 2.18. The second-order valence-corrected chi connectivity index (χ2v) is 4.65. The molecule has 2 aromatic heterocycles. The minimum absolute atomic E-state index is 0.175. The number of fused-ring (bicyclic) bond motifs is 1. The number of pyridine rings is 1. The number of rotatable bonds is 3. The number of aliphatic hydroxyl groups excluding tert-OH is 1. The molecule has 0 saturated carbocycles. The lowest BCUT2D eigenvalue weighted by Gasteiger charge is -2.04. The third kappa shape index (κ3) is 2.19. The molecule has 6 heteroatoms. The molecule has 0 aliphatic heterocycles. The van der Waals surface area contributed by atoms with E-state index in [1.807, 2.05) is 24.3 Å². The van der Waals surface area contributed by atoms with Crippen molar-refractivity contribution in [1.82, 2.24) is 9.97 Å². The summed E-state index contributed by atoms with van der Waals surface area (Å²) in [5.74, 6) is 1.19. The summed E-state index contributed by atoms with van der Waals surface area (Å²) in [6.07, 6.45) is 0. The minimum atomic E-state index is -0.175. The van der Waals surface area contributed by atoms with Gasteiger partial charge in [0.1, 0.15) is 5.75 Å². The summed E-state index contributed by atoms with van der Waals surface area (Å²) in [5, 5.41) is 9.35. The van der Waals surface area contributed by atoms with Crippen molar-refractivity contribution in [2.45, 2.75) is 13.5 Å². The average Bonchev–Trinajstić information content (AvgIpc) is 2.92. The summed E-state index contributed by atoms with van der Waals surface area (Å²) in [6, 6.07) is 7.34. The number of ether oxygens (including phenoxy) is 1. The molecule has 3 N–H and O–H groups in total. The van der Waals surface area contributed by atoms with Gasteiger partial charge in [0.15, 0.2) is 5.52 Å².